The van der Waals surface area contributed by atoms with Crippen LogP contribution in [0.2, 0.25) is 5.02 Å². The lowest BCUT2D eigenvalue weighted by atomic mass is 9.79. The highest BCUT2D eigenvalue weighted by molar-refractivity contribution is 7.07. The standard InChI is InChI=1S/C15H15Cl3S/c16-10-15(11-17,6-4-12-5-7-19-9-12)13-2-1-3-14(18)8-13/h1-3,5,7-9H,4,6,10-11H2. The zero-order valence-electron chi connectivity index (χ0n) is 10.4. The molecular weight excluding hydrogens is 319 g/mol. The Labute approximate surface area is 133 Å². The van der Waals surface area contributed by atoms with Crippen molar-refractivity contribution in [2.75, 3.05) is 11.8 Å². The average molecular weight is 334 g/mol. The van der Waals surface area contributed by atoms with Crippen LogP contribution >= 0.6 is 46.1 Å². The van der Waals surface area contributed by atoms with Crippen LogP contribution in [-0.4, -0.2) is 11.8 Å². The van der Waals surface area contributed by atoms with Gasteiger partial charge >= 0.3 is 0 Å². The van der Waals surface area contributed by atoms with Crippen molar-refractivity contribution in [2.24, 2.45) is 0 Å². The summed E-state index contributed by atoms with van der Waals surface area (Å²) in [5.41, 5.74) is 2.25. The van der Waals surface area contributed by atoms with Crippen molar-refractivity contribution in [3.05, 3.63) is 57.2 Å². The highest BCUT2D eigenvalue weighted by Crippen LogP contribution is 2.34. The maximum absolute atomic E-state index is 6.23. The van der Waals surface area contributed by atoms with Gasteiger partial charge < -0.3 is 0 Å². The van der Waals surface area contributed by atoms with Gasteiger partial charge in [-0.05, 0) is 52.9 Å². The van der Waals surface area contributed by atoms with Gasteiger partial charge in [0, 0.05) is 22.2 Å². The second kappa shape index (κ2) is 6.99. The minimum Gasteiger partial charge on any atom is -0.152 e. The summed E-state index contributed by atoms with van der Waals surface area (Å²) in [6, 6.07) is 10.0. The van der Waals surface area contributed by atoms with Crippen molar-refractivity contribution in [3.63, 3.8) is 0 Å². The third-order valence-electron chi connectivity index (χ3n) is 3.42. The predicted octanol–water partition coefficient (Wildman–Crippen LogP) is 5.75. The molecule has 1 aromatic heterocycles. The molecule has 19 heavy (non-hydrogen) atoms. The van der Waals surface area contributed by atoms with Gasteiger partial charge in [0.1, 0.15) is 0 Å². The number of halogens is 3. The molecule has 0 saturated heterocycles. The Hall–Kier alpha value is -0.210. The number of benzene rings is 1. The first kappa shape index (κ1) is 15.2. The van der Waals surface area contributed by atoms with E-state index in [1.807, 2.05) is 18.2 Å². The number of alkyl halides is 2. The Kier molecular flexibility index (Phi) is 5.58. The highest BCUT2D eigenvalue weighted by Gasteiger charge is 2.30. The highest BCUT2D eigenvalue weighted by atomic mass is 35.5. The van der Waals surface area contributed by atoms with E-state index in [1.165, 1.54) is 5.56 Å². The maximum atomic E-state index is 6.23. The van der Waals surface area contributed by atoms with Gasteiger partial charge in [-0.2, -0.15) is 11.3 Å². The molecule has 0 aliphatic rings. The fourth-order valence-corrected chi connectivity index (χ4v) is 3.86. The molecule has 2 aromatic rings. The first-order valence-corrected chi connectivity index (χ1v) is 8.48. The maximum Gasteiger partial charge on any atom is 0.0408 e. The van der Waals surface area contributed by atoms with E-state index in [1.54, 1.807) is 11.3 Å². The minimum atomic E-state index is -0.212. The van der Waals surface area contributed by atoms with Crippen molar-refractivity contribution in [1.29, 1.82) is 0 Å². The van der Waals surface area contributed by atoms with Crippen molar-refractivity contribution < 1.29 is 0 Å². The zero-order valence-corrected chi connectivity index (χ0v) is 13.5. The Morgan fingerprint density at radius 3 is 2.47 bits per heavy atom. The summed E-state index contributed by atoms with van der Waals surface area (Å²) in [6.07, 6.45) is 1.91. The quantitative estimate of drug-likeness (QED) is 0.590. The topological polar surface area (TPSA) is 0 Å². The normalized spacial score (nSPS) is 11.7. The molecule has 2 rings (SSSR count). The first-order chi connectivity index (χ1) is 9.20. The SMILES string of the molecule is ClCC(CCl)(CCc1ccsc1)c1cccc(Cl)c1. The molecular formula is C15H15Cl3S. The second-order valence-electron chi connectivity index (χ2n) is 4.69. The van der Waals surface area contributed by atoms with Crippen molar-refractivity contribution in [3.8, 4) is 0 Å². The molecule has 0 saturated carbocycles. The average Bonchev–Trinajstić information content (AvgIpc) is 2.94. The molecule has 1 aromatic carbocycles. The van der Waals surface area contributed by atoms with Crippen molar-refractivity contribution >= 4 is 46.1 Å². The van der Waals surface area contributed by atoms with E-state index >= 15 is 0 Å². The summed E-state index contributed by atoms with van der Waals surface area (Å²) in [7, 11) is 0. The Morgan fingerprint density at radius 2 is 1.89 bits per heavy atom. The molecule has 0 atom stereocenters. The van der Waals surface area contributed by atoms with Gasteiger partial charge in [-0.3, -0.25) is 0 Å². The molecule has 0 unspecified atom stereocenters. The Bertz CT molecular complexity index is 504. The molecule has 0 fully saturated rings. The van der Waals surface area contributed by atoms with E-state index in [9.17, 15) is 0 Å². The van der Waals surface area contributed by atoms with Crippen LogP contribution in [0.4, 0.5) is 0 Å². The summed E-state index contributed by atoms with van der Waals surface area (Å²) in [5, 5.41) is 5.00. The van der Waals surface area contributed by atoms with E-state index in [2.05, 4.69) is 22.9 Å². The largest absolute Gasteiger partial charge is 0.152 e. The van der Waals surface area contributed by atoms with Gasteiger partial charge in [0.2, 0.25) is 0 Å². The van der Waals surface area contributed by atoms with Crippen LogP contribution < -0.4 is 0 Å². The van der Waals surface area contributed by atoms with Crippen LogP contribution in [0.3, 0.4) is 0 Å². The summed E-state index contributed by atoms with van der Waals surface area (Å²) in [4.78, 5) is 0. The smallest absolute Gasteiger partial charge is 0.0408 e. The lowest BCUT2D eigenvalue weighted by Crippen LogP contribution is -2.31. The van der Waals surface area contributed by atoms with Gasteiger partial charge in [0.05, 0.1) is 0 Å². The molecule has 0 radical (unpaired) electrons. The fourth-order valence-electron chi connectivity index (χ4n) is 2.10. The Balaban J connectivity index is 2.21. The minimum absolute atomic E-state index is 0.212. The van der Waals surface area contributed by atoms with Gasteiger partial charge in [-0.15, -0.1) is 23.2 Å². The third kappa shape index (κ3) is 3.66. The van der Waals surface area contributed by atoms with E-state index in [0.29, 0.717) is 11.8 Å². The van der Waals surface area contributed by atoms with Crippen LogP contribution in [0.25, 0.3) is 0 Å². The number of rotatable bonds is 6. The van der Waals surface area contributed by atoms with E-state index in [0.717, 1.165) is 23.4 Å². The number of aryl methyl sites for hydroxylation is 1. The van der Waals surface area contributed by atoms with Crippen LogP contribution in [0.15, 0.2) is 41.1 Å². The van der Waals surface area contributed by atoms with E-state index in [-0.39, 0.29) is 5.41 Å². The molecule has 102 valence electrons. The van der Waals surface area contributed by atoms with Crippen LogP contribution in [0.5, 0.6) is 0 Å². The summed E-state index contributed by atoms with van der Waals surface area (Å²) in [6.45, 7) is 0. The monoisotopic (exact) mass is 332 g/mol. The number of thiophene rings is 1. The number of hydrogen-bond acceptors (Lipinski definition) is 1. The molecule has 0 aliphatic heterocycles. The fraction of sp³-hybridized carbons (Fsp3) is 0.333. The first-order valence-electron chi connectivity index (χ1n) is 6.09. The second-order valence-corrected chi connectivity index (χ2v) is 6.44. The van der Waals surface area contributed by atoms with Gasteiger partial charge in [0.25, 0.3) is 0 Å². The van der Waals surface area contributed by atoms with E-state index in [4.69, 9.17) is 34.8 Å². The molecule has 0 bridgehead atoms. The molecule has 4 heteroatoms. The predicted molar refractivity (Wildman–Crippen MR) is 87.2 cm³/mol. The molecule has 1 heterocycles. The number of hydrogen-bond donors (Lipinski definition) is 0. The zero-order chi connectivity index (χ0) is 13.7. The van der Waals surface area contributed by atoms with Crippen molar-refractivity contribution in [2.45, 2.75) is 18.3 Å². The van der Waals surface area contributed by atoms with E-state index < -0.39 is 0 Å². The van der Waals surface area contributed by atoms with Gasteiger partial charge in [-0.25, -0.2) is 0 Å². The van der Waals surface area contributed by atoms with Gasteiger partial charge in [-0.1, -0.05) is 23.7 Å². The lowest BCUT2D eigenvalue weighted by molar-refractivity contribution is 0.493. The van der Waals surface area contributed by atoms with Crippen LogP contribution in [-0.2, 0) is 11.8 Å². The summed E-state index contributed by atoms with van der Waals surface area (Å²) >= 11 is 20.2. The Morgan fingerprint density at radius 1 is 1.11 bits per heavy atom. The summed E-state index contributed by atoms with van der Waals surface area (Å²) < 4.78 is 0. The van der Waals surface area contributed by atoms with Crippen molar-refractivity contribution in [1.82, 2.24) is 0 Å². The summed E-state index contributed by atoms with van der Waals surface area (Å²) in [5.74, 6) is 1.00. The molecule has 0 spiro atoms. The molecule has 0 aliphatic carbocycles. The van der Waals surface area contributed by atoms with Crippen LogP contribution in [0, 0.1) is 0 Å². The molecule has 0 nitrogen and oxygen atoms in total. The van der Waals surface area contributed by atoms with Gasteiger partial charge in [0.15, 0.2) is 0 Å². The molecule has 0 N–H and O–H groups in total. The third-order valence-corrected chi connectivity index (χ3v) is 5.41. The molecule has 0 amide bonds. The van der Waals surface area contributed by atoms with Crippen LogP contribution in [0.1, 0.15) is 17.5 Å². The lowest BCUT2D eigenvalue weighted by Gasteiger charge is -2.30.